The van der Waals surface area contributed by atoms with Crippen LogP contribution < -0.4 is 10.3 Å². The number of amides is 1. The fourth-order valence-corrected chi connectivity index (χ4v) is 3.64. The van der Waals surface area contributed by atoms with Crippen molar-refractivity contribution in [3.05, 3.63) is 93.2 Å². The van der Waals surface area contributed by atoms with Crippen molar-refractivity contribution < 1.29 is 13.9 Å². The van der Waals surface area contributed by atoms with Crippen LogP contribution in [0.1, 0.15) is 32.7 Å². The third-order valence-electron chi connectivity index (χ3n) is 5.39. The largest absolute Gasteiger partial charge is 0.487 e. The fourth-order valence-electron chi connectivity index (χ4n) is 3.64. The smallest absolute Gasteiger partial charge is 0.255 e. The first-order valence-corrected chi connectivity index (χ1v) is 10.3. The molecule has 31 heavy (non-hydrogen) atoms. The molecule has 0 atom stereocenters. The minimum absolute atomic E-state index is 0.0562. The van der Waals surface area contributed by atoms with Gasteiger partial charge in [-0.2, -0.15) is 0 Å². The number of nitrogens with zero attached hydrogens (tertiary/aromatic N) is 3. The second-order valence-corrected chi connectivity index (χ2v) is 7.66. The van der Waals surface area contributed by atoms with Crippen LogP contribution in [0.3, 0.4) is 0 Å². The second kappa shape index (κ2) is 9.12. The van der Waals surface area contributed by atoms with Crippen molar-refractivity contribution in [1.29, 1.82) is 0 Å². The highest BCUT2D eigenvalue weighted by Crippen LogP contribution is 2.25. The van der Waals surface area contributed by atoms with Crippen molar-refractivity contribution in [2.24, 2.45) is 0 Å². The Bertz CT molecular complexity index is 1140. The Labute approximate surface area is 179 Å². The van der Waals surface area contributed by atoms with Gasteiger partial charge in [-0.3, -0.25) is 14.6 Å². The molecule has 1 aliphatic rings. The van der Waals surface area contributed by atoms with E-state index < -0.39 is 6.67 Å². The van der Waals surface area contributed by atoms with Gasteiger partial charge in [-0.25, -0.2) is 4.39 Å². The molecular formula is C24H24FN3O3. The summed E-state index contributed by atoms with van der Waals surface area (Å²) in [5.41, 5.74) is 4.24. The molecule has 0 spiro atoms. The normalized spacial score (nSPS) is 13.0. The van der Waals surface area contributed by atoms with Crippen LogP contribution in [0.2, 0.25) is 0 Å². The molecule has 0 aliphatic carbocycles. The summed E-state index contributed by atoms with van der Waals surface area (Å²) in [5, 5.41) is 0. The first-order valence-electron chi connectivity index (χ1n) is 10.3. The quantitative estimate of drug-likeness (QED) is 0.613. The third kappa shape index (κ3) is 4.82. The summed E-state index contributed by atoms with van der Waals surface area (Å²) in [6, 6.07) is 12.7. The van der Waals surface area contributed by atoms with Gasteiger partial charge >= 0.3 is 0 Å². The van der Waals surface area contributed by atoms with Crippen molar-refractivity contribution in [3.8, 4) is 5.75 Å². The number of aromatic nitrogens is 2. The van der Waals surface area contributed by atoms with Crippen LogP contribution in [0.15, 0.2) is 59.7 Å². The van der Waals surface area contributed by atoms with E-state index in [0.29, 0.717) is 25.3 Å². The number of carbonyl (C=O) groups is 1. The Morgan fingerprint density at radius 1 is 1.16 bits per heavy atom. The number of alkyl halides is 1. The lowest BCUT2D eigenvalue weighted by molar-refractivity contribution is 0.0733. The van der Waals surface area contributed by atoms with Gasteiger partial charge in [-0.15, -0.1) is 0 Å². The van der Waals surface area contributed by atoms with Gasteiger partial charge in [0, 0.05) is 31.5 Å². The highest BCUT2D eigenvalue weighted by Gasteiger charge is 2.22. The number of pyridine rings is 2. The van der Waals surface area contributed by atoms with Crippen LogP contribution in [0.5, 0.6) is 5.75 Å². The van der Waals surface area contributed by atoms with E-state index in [4.69, 9.17) is 4.74 Å². The molecule has 2 aromatic heterocycles. The number of hydrogen-bond acceptors (Lipinski definition) is 4. The summed E-state index contributed by atoms with van der Waals surface area (Å²) in [7, 11) is 0. The van der Waals surface area contributed by atoms with Crippen molar-refractivity contribution >= 4 is 5.91 Å². The van der Waals surface area contributed by atoms with Crippen molar-refractivity contribution in [2.45, 2.75) is 33.0 Å². The molecule has 3 heterocycles. The van der Waals surface area contributed by atoms with E-state index in [1.54, 1.807) is 4.90 Å². The third-order valence-corrected chi connectivity index (χ3v) is 5.39. The highest BCUT2D eigenvalue weighted by molar-refractivity contribution is 5.94. The SMILES string of the molecule is Cc1ccc(COc2ccc3c(c2)CN(C(=O)c2ccc(=O)n(CCF)c2)CC3)nc1. The van der Waals surface area contributed by atoms with Gasteiger partial charge in [0.1, 0.15) is 19.0 Å². The zero-order valence-electron chi connectivity index (χ0n) is 17.4. The van der Waals surface area contributed by atoms with E-state index in [1.807, 2.05) is 43.5 Å². The lowest BCUT2D eigenvalue weighted by Crippen LogP contribution is -2.36. The molecule has 6 nitrogen and oxygen atoms in total. The van der Waals surface area contributed by atoms with E-state index in [0.717, 1.165) is 29.0 Å². The maximum absolute atomic E-state index is 13.0. The number of ether oxygens (including phenoxy) is 1. The van der Waals surface area contributed by atoms with Crippen LogP contribution in [0, 0.1) is 6.92 Å². The lowest BCUT2D eigenvalue weighted by Gasteiger charge is -2.29. The fraction of sp³-hybridized carbons (Fsp3) is 0.292. The zero-order valence-corrected chi connectivity index (χ0v) is 17.4. The van der Waals surface area contributed by atoms with Crippen LogP contribution in [0.4, 0.5) is 4.39 Å². The van der Waals surface area contributed by atoms with Crippen LogP contribution >= 0.6 is 0 Å². The Balaban J connectivity index is 1.46. The summed E-state index contributed by atoms with van der Waals surface area (Å²) >= 11 is 0. The topological polar surface area (TPSA) is 64.4 Å². The van der Waals surface area contributed by atoms with Gasteiger partial charge in [0.25, 0.3) is 11.5 Å². The molecule has 4 rings (SSSR count). The Hall–Kier alpha value is -3.48. The van der Waals surface area contributed by atoms with Crippen molar-refractivity contribution in [1.82, 2.24) is 14.5 Å². The molecule has 0 fully saturated rings. The maximum Gasteiger partial charge on any atom is 0.255 e. The predicted molar refractivity (Wildman–Crippen MR) is 115 cm³/mol. The number of carbonyl (C=O) groups excluding carboxylic acids is 1. The highest BCUT2D eigenvalue weighted by atomic mass is 19.1. The summed E-state index contributed by atoms with van der Waals surface area (Å²) < 4.78 is 19.8. The average Bonchev–Trinajstić information content (AvgIpc) is 2.79. The van der Waals surface area contributed by atoms with Gasteiger partial charge in [-0.1, -0.05) is 12.1 Å². The molecule has 1 amide bonds. The van der Waals surface area contributed by atoms with Gasteiger partial charge in [-0.05, 0) is 54.3 Å². The van der Waals surface area contributed by atoms with E-state index in [1.165, 1.54) is 28.5 Å². The number of fused-ring (bicyclic) bond motifs is 1. The zero-order chi connectivity index (χ0) is 21.8. The molecule has 0 N–H and O–H groups in total. The average molecular weight is 421 g/mol. The number of rotatable bonds is 6. The molecule has 0 saturated heterocycles. The van der Waals surface area contributed by atoms with Gasteiger partial charge < -0.3 is 14.2 Å². The molecule has 7 heteroatoms. The Morgan fingerprint density at radius 2 is 2.03 bits per heavy atom. The molecule has 1 aromatic carbocycles. The molecule has 0 bridgehead atoms. The molecule has 160 valence electrons. The molecule has 1 aliphatic heterocycles. The molecule has 0 radical (unpaired) electrons. The van der Waals surface area contributed by atoms with Crippen LogP contribution in [-0.2, 0) is 26.1 Å². The summed E-state index contributed by atoms with van der Waals surface area (Å²) in [6.07, 6.45) is 3.99. The maximum atomic E-state index is 13.0. The van der Waals surface area contributed by atoms with E-state index in [2.05, 4.69) is 4.98 Å². The summed E-state index contributed by atoms with van der Waals surface area (Å²) in [4.78, 5) is 30.9. The summed E-state index contributed by atoms with van der Waals surface area (Å²) in [5.74, 6) is 0.556. The van der Waals surface area contributed by atoms with Gasteiger partial charge in [0.2, 0.25) is 0 Å². The molecule has 0 unspecified atom stereocenters. The van der Waals surface area contributed by atoms with Crippen LogP contribution in [0.25, 0.3) is 0 Å². The van der Waals surface area contributed by atoms with Gasteiger partial charge in [0.15, 0.2) is 0 Å². The first kappa shape index (κ1) is 20.8. The van der Waals surface area contributed by atoms with Crippen molar-refractivity contribution in [3.63, 3.8) is 0 Å². The molecule has 3 aromatic rings. The van der Waals surface area contributed by atoms with Crippen molar-refractivity contribution in [2.75, 3.05) is 13.2 Å². The molecular weight excluding hydrogens is 397 g/mol. The Kier molecular flexibility index (Phi) is 6.11. The minimum Gasteiger partial charge on any atom is -0.487 e. The number of aryl methyl sites for hydroxylation is 2. The minimum atomic E-state index is -0.657. The van der Waals surface area contributed by atoms with Crippen LogP contribution in [-0.4, -0.2) is 33.6 Å². The van der Waals surface area contributed by atoms with Gasteiger partial charge in [0.05, 0.1) is 17.8 Å². The van der Waals surface area contributed by atoms with E-state index in [-0.39, 0.29) is 18.0 Å². The number of halogens is 1. The first-order chi connectivity index (χ1) is 15.0. The van der Waals surface area contributed by atoms with E-state index >= 15 is 0 Å². The monoisotopic (exact) mass is 421 g/mol. The predicted octanol–water partition coefficient (Wildman–Crippen LogP) is 3.30. The van der Waals surface area contributed by atoms with E-state index in [9.17, 15) is 14.0 Å². The Morgan fingerprint density at radius 3 is 2.81 bits per heavy atom. The standard InChI is InChI=1S/C24H24FN3O3/c1-17-2-5-21(26-13-17)16-31-22-6-3-18-8-10-28(15-20(18)12-22)24(30)19-4-7-23(29)27(14-19)11-9-25/h2-7,12-14H,8-11,15-16H2,1H3. The lowest BCUT2D eigenvalue weighted by atomic mass is 9.99. The second-order valence-electron chi connectivity index (χ2n) is 7.66. The molecule has 0 saturated carbocycles. The number of benzene rings is 1. The summed E-state index contributed by atoms with van der Waals surface area (Å²) in [6.45, 7) is 2.69. The number of hydrogen-bond donors (Lipinski definition) is 0.